The molecule has 27 heavy (non-hydrogen) atoms. The number of benzene rings is 1. The molecule has 0 spiro atoms. The van der Waals surface area contributed by atoms with Gasteiger partial charge in [0.15, 0.2) is 0 Å². The molecule has 7 nitrogen and oxygen atoms in total. The number of primary sulfonamides is 1. The summed E-state index contributed by atoms with van der Waals surface area (Å²) in [4.78, 5) is 12.7. The monoisotopic (exact) mass is 456 g/mol. The first-order valence-electron chi connectivity index (χ1n) is 8.35. The third-order valence-electron chi connectivity index (χ3n) is 3.87. The highest BCUT2D eigenvalue weighted by Gasteiger charge is 2.26. The van der Waals surface area contributed by atoms with Crippen LogP contribution in [0, 0.1) is 0 Å². The summed E-state index contributed by atoms with van der Waals surface area (Å²) >= 11 is 3.29. The molecule has 0 bridgehead atoms. The average molecular weight is 457 g/mol. The molecule has 1 heterocycles. The van der Waals surface area contributed by atoms with E-state index in [1.165, 1.54) is 18.2 Å². The van der Waals surface area contributed by atoms with Gasteiger partial charge in [-0.05, 0) is 54.9 Å². The fourth-order valence-electron chi connectivity index (χ4n) is 2.39. The van der Waals surface area contributed by atoms with Crippen molar-refractivity contribution in [2.45, 2.75) is 57.4 Å². The number of halogens is 1. The number of hydrogen-bond donors (Lipinski definition) is 2. The van der Waals surface area contributed by atoms with Gasteiger partial charge in [-0.25, -0.2) is 18.2 Å². The highest BCUT2D eigenvalue weighted by atomic mass is 79.9. The lowest BCUT2D eigenvalue weighted by Gasteiger charge is -2.23. The standard InChI is InChI=1S/C18H25BrN4O3S/c1-17(2,3)14-10-15(23(22-14)18(4,5)6)21-16(24)12-9-11(27(20,25)26)7-8-13(12)19/h7-10H,1-6H3,(H,21,24)(H2,20,25,26). The van der Waals surface area contributed by atoms with Crippen molar-refractivity contribution in [2.75, 3.05) is 5.32 Å². The van der Waals surface area contributed by atoms with E-state index in [1.54, 1.807) is 4.68 Å². The number of hydrogen-bond acceptors (Lipinski definition) is 4. The number of nitrogens with zero attached hydrogens (tertiary/aromatic N) is 2. The molecular weight excluding hydrogens is 432 g/mol. The summed E-state index contributed by atoms with van der Waals surface area (Å²) in [5.41, 5.74) is 0.459. The molecular formula is C18H25BrN4O3S. The molecule has 9 heteroatoms. The topological polar surface area (TPSA) is 107 Å². The van der Waals surface area contributed by atoms with Gasteiger partial charge in [-0.1, -0.05) is 20.8 Å². The fourth-order valence-corrected chi connectivity index (χ4v) is 3.35. The Hall–Kier alpha value is -1.71. The van der Waals surface area contributed by atoms with Crippen LogP contribution in [0.4, 0.5) is 5.82 Å². The van der Waals surface area contributed by atoms with Gasteiger partial charge in [0.2, 0.25) is 10.0 Å². The van der Waals surface area contributed by atoms with E-state index in [4.69, 9.17) is 5.14 Å². The lowest BCUT2D eigenvalue weighted by molar-refractivity contribution is 0.102. The van der Waals surface area contributed by atoms with E-state index >= 15 is 0 Å². The third kappa shape index (κ3) is 4.97. The Labute approximate surface area is 168 Å². The quantitative estimate of drug-likeness (QED) is 0.735. The maximum Gasteiger partial charge on any atom is 0.257 e. The normalized spacial score (nSPS) is 12.9. The summed E-state index contributed by atoms with van der Waals surface area (Å²) in [5.74, 6) is 0.0727. The summed E-state index contributed by atoms with van der Waals surface area (Å²) in [7, 11) is -3.91. The molecule has 1 amide bonds. The Morgan fingerprint density at radius 1 is 1.15 bits per heavy atom. The Bertz CT molecular complexity index is 983. The van der Waals surface area contributed by atoms with Crippen molar-refractivity contribution in [3.05, 3.63) is 40.0 Å². The summed E-state index contributed by atoms with van der Waals surface area (Å²) in [5, 5.41) is 12.7. The number of sulfonamides is 1. The Kier molecular flexibility index (Phi) is 5.62. The second-order valence-electron chi connectivity index (χ2n) is 8.39. The van der Waals surface area contributed by atoms with Crippen LogP contribution in [0.2, 0.25) is 0 Å². The molecule has 1 aromatic heterocycles. The second kappa shape index (κ2) is 7.03. The van der Waals surface area contributed by atoms with Crippen molar-refractivity contribution in [2.24, 2.45) is 5.14 Å². The molecule has 0 unspecified atom stereocenters. The third-order valence-corrected chi connectivity index (χ3v) is 5.47. The Morgan fingerprint density at radius 3 is 2.22 bits per heavy atom. The van der Waals surface area contributed by atoms with E-state index in [-0.39, 0.29) is 21.4 Å². The molecule has 2 rings (SSSR count). The predicted molar refractivity (Wildman–Crippen MR) is 109 cm³/mol. The van der Waals surface area contributed by atoms with E-state index in [1.807, 2.05) is 47.6 Å². The second-order valence-corrected chi connectivity index (χ2v) is 10.8. The maximum absolute atomic E-state index is 12.8. The van der Waals surface area contributed by atoms with Gasteiger partial charge in [-0.3, -0.25) is 4.79 Å². The number of carbonyl (C=O) groups excluding carboxylic acids is 1. The number of rotatable bonds is 3. The van der Waals surface area contributed by atoms with Gasteiger partial charge in [-0.15, -0.1) is 0 Å². The van der Waals surface area contributed by atoms with Crippen molar-refractivity contribution in [3.63, 3.8) is 0 Å². The van der Waals surface area contributed by atoms with Crippen molar-refractivity contribution >= 4 is 37.7 Å². The number of nitrogens with two attached hydrogens (primary N) is 1. The zero-order valence-corrected chi connectivity index (χ0v) is 18.7. The van der Waals surface area contributed by atoms with Crippen LogP contribution in [-0.4, -0.2) is 24.1 Å². The van der Waals surface area contributed by atoms with Crippen LogP contribution < -0.4 is 10.5 Å². The van der Waals surface area contributed by atoms with Crippen LogP contribution in [0.25, 0.3) is 0 Å². The van der Waals surface area contributed by atoms with Crippen LogP contribution in [0.1, 0.15) is 57.6 Å². The highest BCUT2D eigenvalue weighted by molar-refractivity contribution is 9.10. The van der Waals surface area contributed by atoms with E-state index in [9.17, 15) is 13.2 Å². The Balaban J connectivity index is 2.49. The molecule has 0 aliphatic rings. The summed E-state index contributed by atoms with van der Waals surface area (Å²) < 4.78 is 25.4. The molecule has 0 atom stereocenters. The Morgan fingerprint density at radius 2 is 1.74 bits per heavy atom. The van der Waals surface area contributed by atoms with Crippen LogP contribution in [0.15, 0.2) is 33.6 Å². The van der Waals surface area contributed by atoms with Crippen molar-refractivity contribution in [1.82, 2.24) is 9.78 Å². The first-order chi connectivity index (χ1) is 12.1. The molecule has 3 N–H and O–H groups in total. The molecule has 0 aliphatic heterocycles. The van der Waals surface area contributed by atoms with Crippen LogP contribution in [0.5, 0.6) is 0 Å². The zero-order valence-electron chi connectivity index (χ0n) is 16.3. The van der Waals surface area contributed by atoms with E-state index in [0.29, 0.717) is 10.3 Å². The predicted octanol–water partition coefficient (Wildman–Crippen LogP) is 3.60. The van der Waals surface area contributed by atoms with Gasteiger partial charge in [0.05, 0.1) is 21.7 Å². The SMILES string of the molecule is CC(C)(C)c1cc(NC(=O)c2cc(S(N)(=O)=O)ccc2Br)n(C(C)(C)C)n1. The fraction of sp³-hybridized carbons (Fsp3) is 0.444. The molecule has 0 aliphatic carbocycles. The largest absolute Gasteiger partial charge is 0.307 e. The lowest BCUT2D eigenvalue weighted by Crippen LogP contribution is -2.27. The van der Waals surface area contributed by atoms with Crippen LogP contribution >= 0.6 is 15.9 Å². The highest BCUT2D eigenvalue weighted by Crippen LogP contribution is 2.29. The van der Waals surface area contributed by atoms with Gasteiger partial charge >= 0.3 is 0 Å². The minimum Gasteiger partial charge on any atom is -0.307 e. The number of carbonyl (C=O) groups is 1. The number of nitrogens with one attached hydrogen (secondary N) is 1. The minimum absolute atomic E-state index is 0.129. The van der Waals surface area contributed by atoms with Gasteiger partial charge in [-0.2, -0.15) is 5.10 Å². The van der Waals surface area contributed by atoms with Gasteiger partial charge in [0, 0.05) is 16.0 Å². The smallest absolute Gasteiger partial charge is 0.257 e. The first kappa shape index (κ1) is 21.6. The molecule has 0 saturated heterocycles. The average Bonchev–Trinajstić information content (AvgIpc) is 2.90. The van der Waals surface area contributed by atoms with Crippen molar-refractivity contribution < 1.29 is 13.2 Å². The minimum atomic E-state index is -3.91. The number of anilines is 1. The summed E-state index contributed by atoms with van der Waals surface area (Å²) in [6.07, 6.45) is 0. The van der Waals surface area contributed by atoms with E-state index in [0.717, 1.165) is 5.69 Å². The molecule has 148 valence electrons. The molecule has 0 saturated carbocycles. The van der Waals surface area contributed by atoms with Crippen LogP contribution in [0.3, 0.4) is 0 Å². The number of amides is 1. The summed E-state index contributed by atoms with van der Waals surface area (Å²) in [6.45, 7) is 12.1. The van der Waals surface area contributed by atoms with Gasteiger partial charge < -0.3 is 5.32 Å². The van der Waals surface area contributed by atoms with E-state index in [2.05, 4.69) is 26.3 Å². The lowest BCUT2D eigenvalue weighted by atomic mass is 9.92. The molecule has 1 aromatic carbocycles. The van der Waals surface area contributed by atoms with Crippen molar-refractivity contribution in [1.29, 1.82) is 0 Å². The van der Waals surface area contributed by atoms with Gasteiger partial charge in [0.25, 0.3) is 5.91 Å². The molecule has 0 radical (unpaired) electrons. The molecule has 0 fully saturated rings. The molecule has 2 aromatic rings. The van der Waals surface area contributed by atoms with Gasteiger partial charge in [0.1, 0.15) is 5.82 Å². The van der Waals surface area contributed by atoms with Crippen molar-refractivity contribution in [3.8, 4) is 0 Å². The van der Waals surface area contributed by atoms with Crippen LogP contribution in [-0.2, 0) is 21.0 Å². The summed E-state index contributed by atoms with van der Waals surface area (Å²) in [6, 6.07) is 5.90. The maximum atomic E-state index is 12.8. The zero-order chi connectivity index (χ0) is 20.8. The van der Waals surface area contributed by atoms with E-state index < -0.39 is 15.9 Å². The first-order valence-corrected chi connectivity index (χ1v) is 10.7. The number of aromatic nitrogens is 2.